The average molecular weight is 187 g/mol. The van der Waals surface area contributed by atoms with Crippen LogP contribution in [-0.4, -0.2) is 26.6 Å². The summed E-state index contributed by atoms with van der Waals surface area (Å²) in [6, 6.07) is 3.49. The van der Waals surface area contributed by atoms with Crippen molar-refractivity contribution < 1.29 is 9.59 Å². The summed E-state index contributed by atoms with van der Waals surface area (Å²) in [6.45, 7) is 0. The van der Waals surface area contributed by atoms with Gasteiger partial charge in [0.05, 0.1) is 0 Å². The number of carbonyl (C=O) groups excluding carboxylic acids is 2. The standard InChI is InChI=1S/C6H4O2Se/c7-4-5(8)6-2-1-3-9-6/h1-4H. The van der Waals surface area contributed by atoms with Crippen LogP contribution in [0.25, 0.3) is 0 Å². The summed E-state index contributed by atoms with van der Waals surface area (Å²) in [7, 11) is 0. The molecule has 0 aliphatic carbocycles. The van der Waals surface area contributed by atoms with Gasteiger partial charge in [0.25, 0.3) is 0 Å². The van der Waals surface area contributed by atoms with Crippen LogP contribution in [-0.2, 0) is 4.79 Å². The van der Waals surface area contributed by atoms with Gasteiger partial charge in [-0.3, -0.25) is 0 Å². The summed E-state index contributed by atoms with van der Waals surface area (Å²) in [6.07, 6.45) is 0.362. The SMILES string of the molecule is O=CC(=O)c1ccc[se]1. The van der Waals surface area contributed by atoms with Gasteiger partial charge in [0, 0.05) is 0 Å². The second kappa shape index (κ2) is 2.76. The number of hydrogen-bond donors (Lipinski definition) is 0. The number of ketones is 1. The Balaban J connectivity index is 2.89. The molecule has 0 aromatic carbocycles. The molecule has 0 aliphatic rings. The van der Waals surface area contributed by atoms with Crippen LogP contribution in [0, 0.1) is 0 Å². The van der Waals surface area contributed by atoms with Gasteiger partial charge in [-0.1, -0.05) is 0 Å². The number of rotatable bonds is 2. The topological polar surface area (TPSA) is 34.1 Å². The molecule has 0 saturated heterocycles. The normalized spacial score (nSPS) is 8.89. The van der Waals surface area contributed by atoms with Crippen LogP contribution in [0.1, 0.15) is 9.23 Å². The molecule has 1 rings (SSSR count). The maximum absolute atomic E-state index is 10.6. The first-order valence-corrected chi connectivity index (χ1v) is 4.22. The van der Waals surface area contributed by atoms with Crippen LogP contribution in [0.3, 0.4) is 0 Å². The molecule has 1 aromatic heterocycles. The molecule has 0 radical (unpaired) electrons. The van der Waals surface area contributed by atoms with E-state index in [1.165, 1.54) is 0 Å². The van der Waals surface area contributed by atoms with Crippen molar-refractivity contribution in [3.05, 3.63) is 21.5 Å². The molecule has 0 aliphatic heterocycles. The zero-order valence-electron chi connectivity index (χ0n) is 4.53. The van der Waals surface area contributed by atoms with Crippen LogP contribution in [0.2, 0.25) is 0 Å². The summed E-state index contributed by atoms with van der Waals surface area (Å²) in [4.78, 5) is 22.3. The van der Waals surface area contributed by atoms with E-state index in [9.17, 15) is 9.59 Å². The van der Waals surface area contributed by atoms with E-state index in [0.29, 0.717) is 10.7 Å². The molecule has 0 bridgehead atoms. The van der Waals surface area contributed by atoms with Gasteiger partial charge in [-0.05, 0) is 0 Å². The molecular weight excluding hydrogens is 183 g/mol. The van der Waals surface area contributed by atoms with Crippen molar-refractivity contribution in [1.82, 2.24) is 0 Å². The molecule has 1 heterocycles. The second-order valence-corrected chi connectivity index (χ2v) is 3.45. The van der Waals surface area contributed by atoms with Gasteiger partial charge in [0.15, 0.2) is 0 Å². The summed E-state index contributed by atoms with van der Waals surface area (Å²) in [5.74, 6) is -0.375. The quantitative estimate of drug-likeness (QED) is 0.285. The van der Waals surface area contributed by atoms with Crippen molar-refractivity contribution in [3.8, 4) is 0 Å². The van der Waals surface area contributed by atoms with Crippen molar-refractivity contribution in [2.24, 2.45) is 0 Å². The fraction of sp³-hybridized carbons (Fsp3) is 0. The molecule has 0 saturated carbocycles. The molecule has 0 atom stereocenters. The predicted octanol–water partition coefficient (Wildman–Crippen LogP) is 0.125. The van der Waals surface area contributed by atoms with Gasteiger partial charge >= 0.3 is 57.7 Å². The van der Waals surface area contributed by atoms with Crippen LogP contribution >= 0.6 is 0 Å². The minimum absolute atomic E-state index is 0.109. The van der Waals surface area contributed by atoms with Crippen LogP contribution < -0.4 is 0 Å². The van der Waals surface area contributed by atoms with Gasteiger partial charge in [0.2, 0.25) is 0 Å². The van der Waals surface area contributed by atoms with E-state index in [4.69, 9.17) is 0 Å². The molecule has 0 unspecified atom stereocenters. The third kappa shape index (κ3) is 1.37. The van der Waals surface area contributed by atoms with Gasteiger partial charge in [0.1, 0.15) is 0 Å². The Bertz CT molecular complexity index is 213. The third-order valence-electron chi connectivity index (χ3n) is 0.871. The number of hydrogen-bond acceptors (Lipinski definition) is 2. The molecule has 46 valence electrons. The molecule has 9 heavy (non-hydrogen) atoms. The molecule has 2 nitrogen and oxygen atoms in total. The van der Waals surface area contributed by atoms with Crippen molar-refractivity contribution in [3.63, 3.8) is 0 Å². The zero-order valence-corrected chi connectivity index (χ0v) is 6.25. The summed E-state index contributed by atoms with van der Waals surface area (Å²) >= 11 is 0.109. The van der Waals surface area contributed by atoms with Crippen molar-refractivity contribution >= 4 is 26.6 Å². The Morgan fingerprint density at radius 3 is 2.89 bits per heavy atom. The van der Waals surface area contributed by atoms with Crippen molar-refractivity contribution in [2.75, 3.05) is 0 Å². The fourth-order valence-corrected chi connectivity index (χ4v) is 1.79. The number of Topliss-reactive ketones (excluding diaryl/α,β-unsaturated/α-hetero) is 1. The second-order valence-electron chi connectivity index (χ2n) is 1.46. The summed E-state index contributed by atoms with van der Waals surface area (Å²) in [5, 5.41) is 0. The average Bonchev–Trinajstić information content (AvgIpc) is 2.37. The molecule has 3 heteroatoms. The first-order valence-electron chi connectivity index (χ1n) is 2.37. The van der Waals surface area contributed by atoms with Crippen LogP contribution in [0.4, 0.5) is 0 Å². The summed E-state index contributed by atoms with van der Waals surface area (Å²) < 4.78 is 0.650. The molecule has 0 N–H and O–H groups in total. The Hall–Kier alpha value is -0.661. The Morgan fingerprint density at radius 1 is 1.67 bits per heavy atom. The maximum atomic E-state index is 10.6. The van der Waals surface area contributed by atoms with Crippen molar-refractivity contribution in [1.29, 1.82) is 0 Å². The molecule has 0 amide bonds. The first kappa shape index (κ1) is 6.46. The van der Waals surface area contributed by atoms with E-state index in [1.54, 1.807) is 12.1 Å². The number of carbonyl (C=O) groups is 2. The van der Waals surface area contributed by atoms with Gasteiger partial charge < -0.3 is 0 Å². The van der Waals surface area contributed by atoms with E-state index in [-0.39, 0.29) is 20.3 Å². The molecule has 0 spiro atoms. The Labute approximate surface area is 58.2 Å². The van der Waals surface area contributed by atoms with E-state index >= 15 is 0 Å². The van der Waals surface area contributed by atoms with Gasteiger partial charge in [-0.25, -0.2) is 0 Å². The van der Waals surface area contributed by atoms with Gasteiger partial charge in [-0.2, -0.15) is 0 Å². The first-order chi connectivity index (χ1) is 4.34. The Morgan fingerprint density at radius 2 is 2.44 bits per heavy atom. The Kier molecular flexibility index (Phi) is 1.98. The van der Waals surface area contributed by atoms with E-state index in [1.807, 2.05) is 4.94 Å². The van der Waals surface area contributed by atoms with E-state index < -0.39 is 0 Å². The molecule has 1 aromatic rings. The van der Waals surface area contributed by atoms with Gasteiger partial charge in [-0.15, -0.1) is 0 Å². The monoisotopic (exact) mass is 188 g/mol. The zero-order chi connectivity index (χ0) is 6.69. The number of aldehydes is 1. The fourth-order valence-electron chi connectivity index (χ4n) is 0.477. The van der Waals surface area contributed by atoms with Crippen LogP contribution in [0.5, 0.6) is 0 Å². The minimum atomic E-state index is -0.375. The van der Waals surface area contributed by atoms with E-state index in [2.05, 4.69) is 0 Å². The van der Waals surface area contributed by atoms with E-state index in [0.717, 1.165) is 0 Å². The van der Waals surface area contributed by atoms with Crippen LogP contribution in [0.15, 0.2) is 17.1 Å². The van der Waals surface area contributed by atoms with Crippen molar-refractivity contribution in [2.45, 2.75) is 0 Å². The molecular formula is C6H4O2Se. The molecule has 0 fully saturated rings. The summed E-state index contributed by atoms with van der Waals surface area (Å²) in [5.41, 5.74) is 0. The third-order valence-corrected chi connectivity index (χ3v) is 2.73. The predicted molar refractivity (Wildman–Crippen MR) is 33.8 cm³/mol.